The Morgan fingerprint density at radius 3 is 2.52 bits per heavy atom. The van der Waals surface area contributed by atoms with Crippen LogP contribution in [0.5, 0.6) is 5.75 Å². The van der Waals surface area contributed by atoms with Gasteiger partial charge in [-0.1, -0.05) is 29.8 Å². The van der Waals surface area contributed by atoms with Gasteiger partial charge in [-0.05, 0) is 55.3 Å². The van der Waals surface area contributed by atoms with Gasteiger partial charge in [0.05, 0.1) is 31.9 Å². The fourth-order valence-electron chi connectivity index (χ4n) is 4.08. The van der Waals surface area contributed by atoms with Crippen LogP contribution in [0.15, 0.2) is 71.3 Å². The topological polar surface area (TPSA) is 71.8 Å². The maximum Gasteiger partial charge on any atom is 0.227 e. The van der Waals surface area contributed by atoms with Gasteiger partial charge in [-0.2, -0.15) is 0 Å². The summed E-state index contributed by atoms with van der Waals surface area (Å²) < 4.78 is 10.6. The van der Waals surface area contributed by atoms with E-state index in [0.29, 0.717) is 25.1 Å². The number of furan rings is 1. The predicted octanol–water partition coefficient (Wildman–Crippen LogP) is 4.40. The second-order valence-electron chi connectivity index (χ2n) is 7.76. The van der Waals surface area contributed by atoms with Crippen molar-refractivity contribution in [2.75, 3.05) is 12.0 Å². The Hall–Kier alpha value is -3.54. The summed E-state index contributed by atoms with van der Waals surface area (Å²) in [5, 5.41) is 2.98. The lowest BCUT2D eigenvalue weighted by molar-refractivity contribution is -0.129. The molecule has 31 heavy (non-hydrogen) atoms. The van der Waals surface area contributed by atoms with E-state index in [1.807, 2.05) is 61.5 Å². The van der Waals surface area contributed by atoms with Crippen molar-refractivity contribution < 1.29 is 18.7 Å². The van der Waals surface area contributed by atoms with Gasteiger partial charge in [0.25, 0.3) is 0 Å². The molecule has 3 aromatic rings. The monoisotopic (exact) mass is 418 g/mol. The van der Waals surface area contributed by atoms with Crippen LogP contribution in [0.1, 0.15) is 35.8 Å². The highest BCUT2D eigenvalue weighted by molar-refractivity contribution is 5.97. The van der Waals surface area contributed by atoms with E-state index in [9.17, 15) is 9.59 Å². The standard InChI is InChI=1S/C25H26N2O4/c1-17-5-9-19(10-6-17)27-23(28)14-13-22(25(29)26-16-21-4-3-15-31-21)24(27)18-7-11-20(30-2)12-8-18/h3-12,15,22,24H,13-14,16H2,1-2H3,(H,26,29). The molecule has 0 saturated carbocycles. The van der Waals surface area contributed by atoms with E-state index in [-0.39, 0.29) is 17.7 Å². The highest BCUT2D eigenvalue weighted by Gasteiger charge is 2.41. The van der Waals surface area contributed by atoms with Crippen LogP contribution in [0, 0.1) is 12.8 Å². The number of amides is 2. The van der Waals surface area contributed by atoms with E-state index < -0.39 is 6.04 Å². The molecule has 1 aliphatic heterocycles. The third kappa shape index (κ3) is 4.48. The summed E-state index contributed by atoms with van der Waals surface area (Å²) in [4.78, 5) is 28.0. The Morgan fingerprint density at radius 2 is 1.87 bits per heavy atom. The summed E-state index contributed by atoms with van der Waals surface area (Å²) in [5.41, 5.74) is 2.80. The van der Waals surface area contributed by atoms with Gasteiger partial charge in [0, 0.05) is 12.1 Å². The first kappa shape index (κ1) is 20.7. The molecular formula is C25H26N2O4. The number of carbonyl (C=O) groups is 2. The van der Waals surface area contributed by atoms with Crippen molar-refractivity contribution in [3.8, 4) is 5.75 Å². The van der Waals surface area contributed by atoms with Crippen LogP contribution in [0.3, 0.4) is 0 Å². The molecule has 0 radical (unpaired) electrons. The minimum atomic E-state index is -0.411. The van der Waals surface area contributed by atoms with Gasteiger partial charge in [-0.3, -0.25) is 9.59 Å². The van der Waals surface area contributed by atoms with Crippen molar-refractivity contribution in [2.45, 2.75) is 32.4 Å². The fraction of sp³-hybridized carbons (Fsp3) is 0.280. The number of ether oxygens (including phenoxy) is 1. The third-order valence-electron chi connectivity index (χ3n) is 5.72. The summed E-state index contributed by atoms with van der Waals surface area (Å²) in [6.07, 6.45) is 2.39. The maximum atomic E-state index is 13.2. The van der Waals surface area contributed by atoms with Crippen molar-refractivity contribution >= 4 is 17.5 Å². The summed E-state index contributed by atoms with van der Waals surface area (Å²) >= 11 is 0. The quantitative estimate of drug-likeness (QED) is 0.644. The average molecular weight is 418 g/mol. The van der Waals surface area contributed by atoms with E-state index >= 15 is 0 Å². The number of methoxy groups -OCH3 is 1. The van der Waals surface area contributed by atoms with Crippen LogP contribution in [0.25, 0.3) is 0 Å². The van der Waals surface area contributed by atoms with Crippen LogP contribution < -0.4 is 15.0 Å². The zero-order valence-corrected chi connectivity index (χ0v) is 17.7. The molecule has 0 spiro atoms. The number of nitrogens with zero attached hydrogens (tertiary/aromatic N) is 1. The predicted molar refractivity (Wildman–Crippen MR) is 118 cm³/mol. The van der Waals surface area contributed by atoms with Crippen molar-refractivity contribution in [3.05, 3.63) is 83.8 Å². The summed E-state index contributed by atoms with van der Waals surface area (Å²) in [6.45, 7) is 2.32. The number of carbonyl (C=O) groups excluding carboxylic acids is 2. The van der Waals surface area contributed by atoms with Gasteiger partial charge in [0.2, 0.25) is 11.8 Å². The Kier molecular flexibility index (Phi) is 6.07. The number of nitrogens with one attached hydrogen (secondary N) is 1. The fourth-order valence-corrected chi connectivity index (χ4v) is 4.08. The number of anilines is 1. The van der Waals surface area contributed by atoms with Crippen molar-refractivity contribution in [2.24, 2.45) is 5.92 Å². The largest absolute Gasteiger partial charge is 0.497 e. The number of hydrogen-bond acceptors (Lipinski definition) is 4. The number of benzene rings is 2. The van der Waals surface area contributed by atoms with Gasteiger partial charge in [0.15, 0.2) is 0 Å². The molecule has 2 heterocycles. The Labute approximate surface area is 181 Å². The number of piperidine rings is 1. The Morgan fingerprint density at radius 1 is 1.13 bits per heavy atom. The van der Waals surface area contributed by atoms with Gasteiger partial charge in [0.1, 0.15) is 11.5 Å². The Bertz CT molecular complexity index is 1030. The molecule has 2 amide bonds. The second-order valence-corrected chi connectivity index (χ2v) is 7.76. The first-order valence-electron chi connectivity index (χ1n) is 10.4. The van der Waals surface area contributed by atoms with Gasteiger partial charge in [-0.25, -0.2) is 0 Å². The van der Waals surface area contributed by atoms with Crippen LogP contribution in [0.4, 0.5) is 5.69 Å². The molecule has 1 saturated heterocycles. The van der Waals surface area contributed by atoms with E-state index in [1.54, 1.807) is 24.3 Å². The molecule has 6 nitrogen and oxygen atoms in total. The van der Waals surface area contributed by atoms with Gasteiger partial charge < -0.3 is 19.4 Å². The molecule has 1 fully saturated rings. The van der Waals surface area contributed by atoms with Gasteiger partial charge in [-0.15, -0.1) is 0 Å². The minimum absolute atomic E-state index is 0.0137. The van der Waals surface area contributed by atoms with Crippen molar-refractivity contribution in [1.82, 2.24) is 5.32 Å². The summed E-state index contributed by atoms with van der Waals surface area (Å²) in [6, 6.07) is 18.6. The first-order chi connectivity index (χ1) is 15.1. The SMILES string of the molecule is COc1ccc(C2C(C(=O)NCc3ccco3)CCC(=O)N2c2ccc(C)cc2)cc1. The molecule has 0 bridgehead atoms. The minimum Gasteiger partial charge on any atom is -0.497 e. The van der Waals surface area contributed by atoms with E-state index in [4.69, 9.17) is 9.15 Å². The summed E-state index contributed by atoms with van der Waals surface area (Å²) in [5.74, 6) is 0.951. The molecular weight excluding hydrogens is 392 g/mol. The zero-order valence-electron chi connectivity index (χ0n) is 17.7. The maximum absolute atomic E-state index is 13.2. The molecule has 6 heteroatoms. The molecule has 2 unspecified atom stereocenters. The lowest BCUT2D eigenvalue weighted by Crippen LogP contribution is -2.48. The molecule has 1 aliphatic rings. The molecule has 2 atom stereocenters. The summed E-state index contributed by atoms with van der Waals surface area (Å²) in [7, 11) is 1.61. The highest BCUT2D eigenvalue weighted by atomic mass is 16.5. The lowest BCUT2D eigenvalue weighted by Gasteiger charge is -2.41. The normalized spacial score (nSPS) is 18.6. The van der Waals surface area contributed by atoms with Crippen LogP contribution in [-0.2, 0) is 16.1 Å². The van der Waals surface area contributed by atoms with Crippen LogP contribution in [-0.4, -0.2) is 18.9 Å². The number of hydrogen-bond donors (Lipinski definition) is 1. The van der Waals surface area contributed by atoms with Crippen molar-refractivity contribution in [1.29, 1.82) is 0 Å². The van der Waals surface area contributed by atoms with E-state index in [1.165, 1.54) is 0 Å². The molecule has 2 aromatic carbocycles. The highest BCUT2D eigenvalue weighted by Crippen LogP contribution is 2.40. The molecule has 4 rings (SSSR count). The molecule has 1 N–H and O–H groups in total. The zero-order chi connectivity index (χ0) is 21.8. The van der Waals surface area contributed by atoms with Gasteiger partial charge >= 0.3 is 0 Å². The second kappa shape index (κ2) is 9.08. The molecule has 160 valence electrons. The van der Waals surface area contributed by atoms with Crippen molar-refractivity contribution in [3.63, 3.8) is 0 Å². The van der Waals surface area contributed by atoms with Crippen LogP contribution >= 0.6 is 0 Å². The first-order valence-corrected chi connectivity index (χ1v) is 10.4. The smallest absolute Gasteiger partial charge is 0.227 e. The van der Waals surface area contributed by atoms with E-state index in [2.05, 4.69) is 5.32 Å². The molecule has 0 aliphatic carbocycles. The lowest BCUT2D eigenvalue weighted by atomic mass is 9.83. The van der Waals surface area contributed by atoms with E-state index in [0.717, 1.165) is 22.6 Å². The number of aryl methyl sites for hydroxylation is 1. The Balaban J connectivity index is 1.68. The average Bonchev–Trinajstić information content (AvgIpc) is 3.32. The third-order valence-corrected chi connectivity index (χ3v) is 5.72. The number of rotatable bonds is 6. The van der Waals surface area contributed by atoms with Crippen LogP contribution in [0.2, 0.25) is 0 Å². The molecule has 1 aromatic heterocycles.